The molecule has 15 heavy (non-hydrogen) atoms. The van der Waals surface area contributed by atoms with E-state index < -0.39 is 0 Å². The van der Waals surface area contributed by atoms with Crippen LogP contribution in [0.3, 0.4) is 0 Å². The molecule has 2 aliphatic carbocycles. The first-order chi connectivity index (χ1) is 7.36. The number of fused-ring (bicyclic) bond motifs is 2. The maximum Gasteiger partial charge on any atom is 0.143 e. The molecule has 76 valence electrons. The van der Waals surface area contributed by atoms with Crippen molar-refractivity contribution in [2.24, 2.45) is 11.8 Å². The molecule has 0 unspecified atom stereocenters. The lowest BCUT2D eigenvalue weighted by molar-refractivity contribution is -0.122. The van der Waals surface area contributed by atoms with Crippen LogP contribution in [0.25, 0.3) is 5.57 Å². The Balaban J connectivity index is 2.01. The molecule has 1 aromatic rings. The van der Waals surface area contributed by atoms with Crippen molar-refractivity contribution in [3.8, 4) is 0 Å². The van der Waals surface area contributed by atoms with Gasteiger partial charge in [-0.25, -0.2) is 0 Å². The number of carbonyl (C=O) groups excluding carboxylic acids is 1. The van der Waals surface area contributed by atoms with Crippen LogP contribution in [0.1, 0.15) is 24.8 Å². The fourth-order valence-corrected chi connectivity index (χ4v) is 2.84. The van der Waals surface area contributed by atoms with Crippen LogP contribution in [0.4, 0.5) is 0 Å². The third-order valence-corrected chi connectivity index (χ3v) is 3.65. The van der Waals surface area contributed by atoms with Gasteiger partial charge >= 0.3 is 0 Å². The first-order valence-corrected chi connectivity index (χ1v) is 5.65. The Labute approximate surface area is 89.8 Å². The zero-order valence-corrected chi connectivity index (χ0v) is 8.65. The molecule has 0 amide bonds. The van der Waals surface area contributed by atoms with Crippen molar-refractivity contribution < 1.29 is 4.79 Å². The monoisotopic (exact) mass is 198 g/mol. The third-order valence-electron chi connectivity index (χ3n) is 3.65. The van der Waals surface area contributed by atoms with Gasteiger partial charge < -0.3 is 0 Å². The van der Waals surface area contributed by atoms with Crippen LogP contribution in [-0.4, -0.2) is 5.78 Å². The second kappa shape index (κ2) is 3.34. The minimum Gasteiger partial charge on any atom is -0.299 e. The van der Waals surface area contributed by atoms with Gasteiger partial charge in [-0.3, -0.25) is 4.79 Å². The Morgan fingerprint density at radius 1 is 1.07 bits per heavy atom. The van der Waals surface area contributed by atoms with E-state index in [1.54, 1.807) is 0 Å². The number of ketones is 1. The molecule has 2 atom stereocenters. The average molecular weight is 198 g/mol. The van der Waals surface area contributed by atoms with Crippen LogP contribution in [0.5, 0.6) is 0 Å². The van der Waals surface area contributed by atoms with E-state index in [0.29, 0.717) is 11.7 Å². The van der Waals surface area contributed by atoms with Crippen molar-refractivity contribution in [2.75, 3.05) is 0 Å². The third kappa shape index (κ3) is 1.34. The van der Waals surface area contributed by atoms with Crippen molar-refractivity contribution in [1.29, 1.82) is 0 Å². The average Bonchev–Trinajstić information content (AvgIpc) is 2.54. The summed E-state index contributed by atoms with van der Waals surface area (Å²) in [6, 6.07) is 10.3. The van der Waals surface area contributed by atoms with Crippen LogP contribution in [0.15, 0.2) is 36.4 Å². The highest BCUT2D eigenvalue weighted by molar-refractivity contribution is 5.98. The summed E-state index contributed by atoms with van der Waals surface area (Å²) in [6.07, 6.45) is 5.39. The number of Topliss-reactive ketones (excluding diaryl/α,β-unsaturated/α-hetero) is 1. The zero-order chi connectivity index (χ0) is 10.3. The largest absolute Gasteiger partial charge is 0.299 e. The summed E-state index contributed by atoms with van der Waals surface area (Å²) in [5.74, 6) is 1.02. The number of allylic oxidation sites excluding steroid dienone is 2. The molecular formula is C14H14O. The van der Waals surface area contributed by atoms with Crippen LogP contribution < -0.4 is 0 Å². The first kappa shape index (κ1) is 8.90. The molecule has 2 aliphatic rings. The number of hydrogen-bond acceptors (Lipinski definition) is 1. The molecule has 2 bridgehead atoms. The predicted molar refractivity (Wildman–Crippen MR) is 60.3 cm³/mol. The summed E-state index contributed by atoms with van der Waals surface area (Å²) in [5, 5.41) is 0. The number of hydrogen-bond donors (Lipinski definition) is 0. The Hall–Kier alpha value is -1.37. The lowest BCUT2D eigenvalue weighted by Gasteiger charge is -2.19. The van der Waals surface area contributed by atoms with Crippen LogP contribution in [0, 0.1) is 11.8 Å². The first-order valence-electron chi connectivity index (χ1n) is 5.65. The molecule has 1 fully saturated rings. The molecule has 0 N–H and O–H groups in total. The summed E-state index contributed by atoms with van der Waals surface area (Å²) in [7, 11) is 0. The minimum absolute atomic E-state index is 0.200. The van der Waals surface area contributed by atoms with Gasteiger partial charge in [0.05, 0.1) is 0 Å². The van der Waals surface area contributed by atoms with Crippen molar-refractivity contribution in [3.63, 3.8) is 0 Å². The van der Waals surface area contributed by atoms with Crippen molar-refractivity contribution >= 4 is 11.4 Å². The van der Waals surface area contributed by atoms with E-state index in [2.05, 4.69) is 18.2 Å². The number of benzene rings is 1. The van der Waals surface area contributed by atoms with Crippen LogP contribution >= 0.6 is 0 Å². The van der Waals surface area contributed by atoms with E-state index in [4.69, 9.17) is 0 Å². The van der Waals surface area contributed by atoms with E-state index in [1.807, 2.05) is 18.2 Å². The molecule has 1 nitrogen and oxygen atoms in total. The van der Waals surface area contributed by atoms with Gasteiger partial charge in [-0.05, 0) is 30.4 Å². The van der Waals surface area contributed by atoms with Crippen molar-refractivity contribution in [3.05, 3.63) is 42.0 Å². The van der Waals surface area contributed by atoms with Crippen LogP contribution in [-0.2, 0) is 4.79 Å². The summed E-state index contributed by atoms with van der Waals surface area (Å²) >= 11 is 0. The Morgan fingerprint density at radius 3 is 2.67 bits per heavy atom. The van der Waals surface area contributed by atoms with Gasteiger partial charge in [-0.2, -0.15) is 0 Å². The van der Waals surface area contributed by atoms with Crippen LogP contribution in [0.2, 0.25) is 0 Å². The Morgan fingerprint density at radius 2 is 1.87 bits per heavy atom. The summed E-state index contributed by atoms with van der Waals surface area (Å²) in [5.41, 5.74) is 2.51. The molecule has 3 rings (SSSR count). The normalized spacial score (nSPS) is 29.1. The maximum atomic E-state index is 11.9. The fourth-order valence-electron chi connectivity index (χ4n) is 2.84. The zero-order valence-electron chi connectivity index (χ0n) is 8.65. The quantitative estimate of drug-likeness (QED) is 0.677. The van der Waals surface area contributed by atoms with Gasteiger partial charge in [-0.1, -0.05) is 36.4 Å². The SMILES string of the molecule is O=C1[C@H]2CC=C(c3ccccc3)[C@@H]1CC2. The predicted octanol–water partition coefficient (Wildman–Crippen LogP) is 3.07. The molecule has 1 heteroatoms. The number of rotatable bonds is 1. The fraction of sp³-hybridized carbons (Fsp3) is 0.357. The molecule has 1 aromatic carbocycles. The highest BCUT2D eigenvalue weighted by Crippen LogP contribution is 2.43. The summed E-state index contributed by atoms with van der Waals surface area (Å²) in [4.78, 5) is 11.9. The van der Waals surface area contributed by atoms with E-state index >= 15 is 0 Å². The van der Waals surface area contributed by atoms with E-state index in [9.17, 15) is 4.79 Å². The van der Waals surface area contributed by atoms with Gasteiger partial charge in [0.2, 0.25) is 0 Å². The second-order valence-electron chi connectivity index (χ2n) is 4.49. The minimum atomic E-state index is 0.200. The highest BCUT2D eigenvalue weighted by atomic mass is 16.1. The summed E-state index contributed by atoms with van der Waals surface area (Å²) < 4.78 is 0. The molecular weight excluding hydrogens is 184 g/mol. The molecule has 0 saturated heterocycles. The van der Waals surface area contributed by atoms with Gasteiger partial charge in [-0.15, -0.1) is 0 Å². The molecule has 0 heterocycles. The Bertz CT molecular complexity index is 416. The smallest absolute Gasteiger partial charge is 0.143 e. The van der Waals surface area contributed by atoms with Gasteiger partial charge in [0.25, 0.3) is 0 Å². The summed E-state index contributed by atoms with van der Waals surface area (Å²) in [6.45, 7) is 0. The molecule has 1 saturated carbocycles. The van der Waals surface area contributed by atoms with E-state index in [0.717, 1.165) is 19.3 Å². The van der Waals surface area contributed by atoms with E-state index in [-0.39, 0.29) is 5.92 Å². The standard InChI is InChI=1S/C14H14O/c15-14-11-6-8-12(13(14)9-7-11)10-4-2-1-3-5-10/h1-5,8,11,13H,6-7,9H2/t11-,13-/m0/s1. The molecule has 0 aliphatic heterocycles. The van der Waals surface area contributed by atoms with Gasteiger partial charge in [0.15, 0.2) is 0 Å². The van der Waals surface area contributed by atoms with E-state index in [1.165, 1.54) is 11.1 Å². The lowest BCUT2D eigenvalue weighted by Crippen LogP contribution is -2.19. The topological polar surface area (TPSA) is 17.1 Å². The Kier molecular flexibility index (Phi) is 1.98. The maximum absolute atomic E-state index is 11.9. The van der Waals surface area contributed by atoms with Gasteiger partial charge in [0.1, 0.15) is 5.78 Å². The second-order valence-corrected chi connectivity index (χ2v) is 4.49. The van der Waals surface area contributed by atoms with Gasteiger partial charge in [0, 0.05) is 11.8 Å². The lowest BCUT2D eigenvalue weighted by atomic mass is 9.84. The van der Waals surface area contributed by atoms with Crippen molar-refractivity contribution in [1.82, 2.24) is 0 Å². The molecule has 0 radical (unpaired) electrons. The van der Waals surface area contributed by atoms with Crippen molar-refractivity contribution in [2.45, 2.75) is 19.3 Å². The number of carbonyl (C=O) groups is 1. The molecule has 0 spiro atoms. The highest BCUT2D eigenvalue weighted by Gasteiger charge is 2.38. The molecule has 0 aromatic heterocycles.